The molecule has 1 atom stereocenters. The minimum Gasteiger partial charge on any atom is -0.348 e. The lowest BCUT2D eigenvalue weighted by Crippen LogP contribution is -2.44. The van der Waals surface area contributed by atoms with Crippen LogP contribution >= 0.6 is 11.6 Å². The van der Waals surface area contributed by atoms with E-state index in [-0.39, 0.29) is 17.5 Å². The molecule has 0 spiro atoms. The number of nitrogens with one attached hydrogen (secondary N) is 2. The van der Waals surface area contributed by atoms with Gasteiger partial charge in [-0.15, -0.1) is 0 Å². The van der Waals surface area contributed by atoms with Gasteiger partial charge in [0.15, 0.2) is 0 Å². The van der Waals surface area contributed by atoms with Crippen LogP contribution in [0.4, 0.5) is 0 Å². The van der Waals surface area contributed by atoms with Crippen molar-refractivity contribution in [3.05, 3.63) is 34.9 Å². The molecule has 2 N–H and O–H groups in total. The van der Waals surface area contributed by atoms with Gasteiger partial charge in [-0.25, -0.2) is 0 Å². The number of carbonyl (C=O) groups is 1. The van der Waals surface area contributed by atoms with Gasteiger partial charge in [0.1, 0.15) is 0 Å². The number of halogens is 1. The summed E-state index contributed by atoms with van der Waals surface area (Å²) in [6, 6.07) is 7.63. The molecule has 0 fully saturated rings. The highest BCUT2D eigenvalue weighted by molar-refractivity contribution is 6.30. The fourth-order valence-corrected chi connectivity index (χ4v) is 2.00. The first-order valence-electron chi connectivity index (χ1n) is 6.99. The smallest absolute Gasteiger partial charge is 0.234 e. The minimum absolute atomic E-state index is 0.00142. The van der Waals surface area contributed by atoms with E-state index in [1.165, 1.54) is 0 Å². The van der Waals surface area contributed by atoms with Gasteiger partial charge < -0.3 is 10.6 Å². The maximum atomic E-state index is 12.0. The van der Waals surface area contributed by atoms with Gasteiger partial charge in [0.05, 0.1) is 12.6 Å². The zero-order valence-corrected chi connectivity index (χ0v) is 13.7. The fourth-order valence-electron chi connectivity index (χ4n) is 1.87. The van der Waals surface area contributed by atoms with Crippen LogP contribution in [-0.2, 0) is 4.79 Å². The van der Waals surface area contributed by atoms with Crippen molar-refractivity contribution in [2.24, 2.45) is 5.92 Å². The molecule has 0 saturated carbocycles. The molecule has 4 heteroatoms. The molecule has 0 saturated heterocycles. The van der Waals surface area contributed by atoms with Crippen LogP contribution < -0.4 is 10.6 Å². The molecule has 1 unspecified atom stereocenters. The summed E-state index contributed by atoms with van der Waals surface area (Å²) in [7, 11) is 0. The molecule has 3 nitrogen and oxygen atoms in total. The molecule has 1 aromatic rings. The predicted molar refractivity (Wildman–Crippen MR) is 84.9 cm³/mol. The third kappa shape index (κ3) is 5.93. The second-order valence-electron chi connectivity index (χ2n) is 6.44. The number of amides is 1. The van der Waals surface area contributed by atoms with Crippen LogP contribution in [0.1, 0.15) is 46.2 Å². The maximum Gasteiger partial charge on any atom is 0.234 e. The number of carbonyl (C=O) groups excluding carboxylic acids is 1. The number of rotatable bonds is 5. The molecule has 112 valence electrons. The summed E-state index contributed by atoms with van der Waals surface area (Å²) in [5.41, 5.74) is 1.01. The Morgan fingerprint density at radius 1 is 1.20 bits per heavy atom. The second kappa shape index (κ2) is 7.09. The van der Waals surface area contributed by atoms with Crippen LogP contribution in [0, 0.1) is 5.92 Å². The van der Waals surface area contributed by atoms with Gasteiger partial charge in [-0.2, -0.15) is 0 Å². The number of benzene rings is 1. The highest BCUT2D eigenvalue weighted by Gasteiger charge is 2.19. The molecule has 1 rings (SSSR count). The average Bonchev–Trinajstić information content (AvgIpc) is 2.33. The molecule has 1 aromatic carbocycles. The lowest BCUT2D eigenvalue weighted by molar-refractivity contribution is -0.121. The molecule has 0 aromatic heterocycles. The van der Waals surface area contributed by atoms with Gasteiger partial charge in [0.2, 0.25) is 5.91 Å². The topological polar surface area (TPSA) is 41.1 Å². The first-order chi connectivity index (χ1) is 9.19. The summed E-state index contributed by atoms with van der Waals surface area (Å²) in [6.45, 7) is 10.6. The van der Waals surface area contributed by atoms with E-state index in [0.29, 0.717) is 17.5 Å². The minimum atomic E-state index is -0.0645. The standard InChI is InChI=1S/C16H25ClN2O/c1-11(2)15(12-6-8-13(17)9-7-12)19-14(20)10-18-16(3,4)5/h6-9,11,15,18H,10H2,1-5H3,(H,19,20). The van der Waals surface area contributed by atoms with Gasteiger partial charge in [-0.1, -0.05) is 37.6 Å². The van der Waals surface area contributed by atoms with E-state index >= 15 is 0 Å². The van der Waals surface area contributed by atoms with Gasteiger partial charge in [0, 0.05) is 10.6 Å². The monoisotopic (exact) mass is 296 g/mol. The third-order valence-corrected chi connectivity index (χ3v) is 3.24. The van der Waals surface area contributed by atoms with Crippen LogP contribution in [0.2, 0.25) is 5.02 Å². The van der Waals surface area contributed by atoms with E-state index in [9.17, 15) is 4.79 Å². The van der Waals surface area contributed by atoms with E-state index in [1.807, 2.05) is 45.0 Å². The lowest BCUT2D eigenvalue weighted by Gasteiger charge is -2.25. The molecule has 0 aliphatic carbocycles. The highest BCUT2D eigenvalue weighted by atomic mass is 35.5. The van der Waals surface area contributed by atoms with E-state index < -0.39 is 0 Å². The normalized spacial score (nSPS) is 13.3. The van der Waals surface area contributed by atoms with Crippen LogP contribution in [-0.4, -0.2) is 18.0 Å². The van der Waals surface area contributed by atoms with Gasteiger partial charge in [0.25, 0.3) is 0 Å². The van der Waals surface area contributed by atoms with Crippen molar-refractivity contribution in [2.75, 3.05) is 6.54 Å². The Hall–Kier alpha value is -1.06. The van der Waals surface area contributed by atoms with Crippen molar-refractivity contribution in [3.63, 3.8) is 0 Å². The SMILES string of the molecule is CC(C)C(NC(=O)CNC(C)(C)C)c1ccc(Cl)cc1. The van der Waals surface area contributed by atoms with Crippen LogP contribution in [0.3, 0.4) is 0 Å². The second-order valence-corrected chi connectivity index (χ2v) is 6.88. The lowest BCUT2D eigenvalue weighted by atomic mass is 9.96. The summed E-state index contributed by atoms with van der Waals surface area (Å²) in [5, 5.41) is 6.98. The van der Waals surface area contributed by atoms with Gasteiger partial charge >= 0.3 is 0 Å². The molecule has 0 radical (unpaired) electrons. The fraction of sp³-hybridized carbons (Fsp3) is 0.562. The summed E-state index contributed by atoms with van der Waals surface area (Å²) in [4.78, 5) is 12.0. The van der Waals surface area contributed by atoms with Crippen molar-refractivity contribution in [1.29, 1.82) is 0 Å². The first-order valence-corrected chi connectivity index (χ1v) is 7.36. The van der Waals surface area contributed by atoms with E-state index in [2.05, 4.69) is 24.5 Å². The Labute approximate surface area is 127 Å². The van der Waals surface area contributed by atoms with Crippen molar-refractivity contribution in [2.45, 2.75) is 46.2 Å². The van der Waals surface area contributed by atoms with Crippen molar-refractivity contribution < 1.29 is 4.79 Å². The highest BCUT2D eigenvalue weighted by Crippen LogP contribution is 2.23. The third-order valence-electron chi connectivity index (χ3n) is 2.99. The quantitative estimate of drug-likeness (QED) is 0.872. The Morgan fingerprint density at radius 2 is 1.75 bits per heavy atom. The van der Waals surface area contributed by atoms with Crippen LogP contribution in [0.25, 0.3) is 0 Å². The predicted octanol–water partition coefficient (Wildman–Crippen LogP) is 3.54. The maximum absolute atomic E-state index is 12.0. The zero-order chi connectivity index (χ0) is 15.3. The summed E-state index contributed by atoms with van der Waals surface area (Å²) >= 11 is 5.90. The Balaban J connectivity index is 2.68. The molecule has 1 amide bonds. The Kier molecular flexibility index (Phi) is 6.03. The molecule has 0 bridgehead atoms. The Bertz CT molecular complexity index is 435. The average molecular weight is 297 g/mol. The van der Waals surface area contributed by atoms with Crippen LogP contribution in [0.15, 0.2) is 24.3 Å². The molecule has 20 heavy (non-hydrogen) atoms. The number of hydrogen-bond acceptors (Lipinski definition) is 2. The van der Waals surface area contributed by atoms with Gasteiger partial charge in [-0.05, 0) is 44.4 Å². The largest absolute Gasteiger partial charge is 0.348 e. The first kappa shape index (κ1) is 17.0. The molecule has 0 heterocycles. The van der Waals surface area contributed by atoms with Crippen LogP contribution in [0.5, 0.6) is 0 Å². The zero-order valence-electron chi connectivity index (χ0n) is 13.0. The van der Waals surface area contributed by atoms with E-state index in [0.717, 1.165) is 5.56 Å². The van der Waals surface area contributed by atoms with E-state index in [4.69, 9.17) is 11.6 Å². The summed E-state index contributed by atoms with van der Waals surface area (Å²) < 4.78 is 0. The van der Waals surface area contributed by atoms with Crippen molar-refractivity contribution in [3.8, 4) is 0 Å². The molecular weight excluding hydrogens is 272 g/mol. The van der Waals surface area contributed by atoms with E-state index in [1.54, 1.807) is 0 Å². The van der Waals surface area contributed by atoms with Crippen molar-refractivity contribution in [1.82, 2.24) is 10.6 Å². The molecule has 0 aliphatic heterocycles. The Morgan fingerprint density at radius 3 is 2.20 bits per heavy atom. The van der Waals surface area contributed by atoms with Crippen molar-refractivity contribution >= 4 is 17.5 Å². The molecular formula is C16H25ClN2O. The summed E-state index contributed by atoms with van der Waals surface area (Å²) in [5.74, 6) is 0.323. The number of hydrogen-bond donors (Lipinski definition) is 2. The molecule has 0 aliphatic rings. The summed E-state index contributed by atoms with van der Waals surface area (Å²) in [6.07, 6.45) is 0. The van der Waals surface area contributed by atoms with Gasteiger partial charge in [-0.3, -0.25) is 4.79 Å².